The number of rotatable bonds is 4. The van der Waals surface area contributed by atoms with Crippen LogP contribution in [0, 0.1) is 17.8 Å². The molecule has 1 unspecified atom stereocenters. The zero-order valence-electron chi connectivity index (χ0n) is 16.7. The lowest BCUT2D eigenvalue weighted by Gasteiger charge is -2.56. The van der Waals surface area contributed by atoms with Gasteiger partial charge in [0.05, 0.1) is 13.2 Å². The van der Waals surface area contributed by atoms with E-state index in [9.17, 15) is 0 Å². The minimum atomic E-state index is -0.384. The molecule has 4 saturated carbocycles. The van der Waals surface area contributed by atoms with Crippen LogP contribution < -0.4 is 0 Å². The zero-order chi connectivity index (χ0) is 18.1. The molecule has 4 bridgehead atoms. The number of ether oxygens (including phenoxy) is 2. The van der Waals surface area contributed by atoms with Gasteiger partial charge in [-0.3, -0.25) is 0 Å². The van der Waals surface area contributed by atoms with Gasteiger partial charge in [-0.2, -0.15) is 0 Å². The maximum atomic E-state index is 5.82. The second-order valence-corrected chi connectivity index (χ2v) is 10.4. The summed E-state index contributed by atoms with van der Waals surface area (Å²) in [7, 11) is 0. The first-order valence-electron chi connectivity index (χ1n) is 11.3. The third-order valence-corrected chi connectivity index (χ3v) is 8.44. The lowest BCUT2D eigenvalue weighted by molar-refractivity contribution is -0.148. The summed E-state index contributed by atoms with van der Waals surface area (Å²) in [5, 5.41) is 9.68. The van der Waals surface area contributed by atoms with Gasteiger partial charge >= 0.3 is 0 Å². The van der Waals surface area contributed by atoms with E-state index in [1.54, 1.807) is 0 Å². The van der Waals surface area contributed by atoms with Crippen molar-refractivity contribution in [1.82, 2.24) is 14.8 Å². The first kappa shape index (κ1) is 17.0. The summed E-state index contributed by atoms with van der Waals surface area (Å²) in [5.41, 5.74) is 0.353. The molecular weight excluding hydrogens is 338 g/mol. The molecule has 0 N–H and O–H groups in total. The van der Waals surface area contributed by atoms with Crippen molar-refractivity contribution in [2.75, 3.05) is 13.2 Å². The summed E-state index contributed by atoms with van der Waals surface area (Å²) in [4.78, 5) is 0. The largest absolute Gasteiger partial charge is 0.348 e. The third-order valence-electron chi connectivity index (χ3n) is 8.44. The highest BCUT2D eigenvalue weighted by molar-refractivity contribution is 5.20. The first-order chi connectivity index (χ1) is 13.1. The van der Waals surface area contributed by atoms with Crippen molar-refractivity contribution in [3.8, 4) is 0 Å². The Morgan fingerprint density at radius 1 is 1.00 bits per heavy atom. The maximum Gasteiger partial charge on any atom is 0.165 e. The Bertz CT molecular complexity index is 686. The second-order valence-electron chi connectivity index (χ2n) is 10.4. The topological polar surface area (TPSA) is 49.2 Å². The fourth-order valence-corrected chi connectivity index (χ4v) is 7.65. The number of aromatic nitrogens is 3. The van der Waals surface area contributed by atoms with Crippen LogP contribution in [-0.4, -0.2) is 33.8 Å². The smallest absolute Gasteiger partial charge is 0.165 e. The van der Waals surface area contributed by atoms with Gasteiger partial charge in [0.1, 0.15) is 11.6 Å². The molecule has 1 aromatic heterocycles. The first-order valence-corrected chi connectivity index (χ1v) is 11.3. The van der Waals surface area contributed by atoms with E-state index < -0.39 is 0 Å². The molecule has 2 aliphatic heterocycles. The fraction of sp³-hybridized carbons (Fsp3) is 0.909. The molecular formula is C22H33N3O2. The fourth-order valence-electron chi connectivity index (χ4n) is 7.65. The standard InChI is InChI=1S/C22H33N3O2/c1-21(26-7-8-27-21)5-4-18-3-2-6-25-19(18)23-24-20(25)22-12-15-9-16(13-22)11-17(10-15)14-22/h15-18H,2-14H2,1H3. The van der Waals surface area contributed by atoms with Crippen LogP contribution in [0.15, 0.2) is 0 Å². The molecule has 5 heteroatoms. The molecule has 6 aliphatic rings. The maximum absolute atomic E-state index is 5.82. The number of fused-ring (bicyclic) bond motifs is 1. The van der Waals surface area contributed by atoms with Crippen LogP contribution in [0.25, 0.3) is 0 Å². The molecule has 0 aromatic carbocycles. The van der Waals surface area contributed by atoms with E-state index in [0.29, 0.717) is 11.3 Å². The average molecular weight is 372 g/mol. The minimum absolute atomic E-state index is 0.353. The summed E-state index contributed by atoms with van der Waals surface area (Å²) < 4.78 is 14.2. The highest BCUT2D eigenvalue weighted by Gasteiger charge is 2.54. The Morgan fingerprint density at radius 3 is 2.33 bits per heavy atom. The van der Waals surface area contributed by atoms with Crippen LogP contribution in [0.2, 0.25) is 0 Å². The Labute approximate surface area is 162 Å². The number of hydrogen-bond acceptors (Lipinski definition) is 4. The van der Waals surface area contributed by atoms with E-state index in [1.807, 2.05) is 0 Å². The highest BCUT2D eigenvalue weighted by Crippen LogP contribution is 2.60. The van der Waals surface area contributed by atoms with Crippen molar-refractivity contribution in [2.24, 2.45) is 17.8 Å². The Kier molecular flexibility index (Phi) is 3.79. The van der Waals surface area contributed by atoms with Crippen LogP contribution >= 0.6 is 0 Å². The molecule has 148 valence electrons. The Hall–Kier alpha value is -0.940. The lowest BCUT2D eigenvalue weighted by Crippen LogP contribution is -2.50. The molecule has 27 heavy (non-hydrogen) atoms. The van der Waals surface area contributed by atoms with Crippen molar-refractivity contribution in [2.45, 2.75) is 94.8 Å². The van der Waals surface area contributed by atoms with Gasteiger partial charge in [-0.15, -0.1) is 10.2 Å². The molecule has 1 saturated heterocycles. The highest BCUT2D eigenvalue weighted by atomic mass is 16.7. The predicted molar refractivity (Wildman–Crippen MR) is 101 cm³/mol. The molecule has 1 atom stereocenters. The van der Waals surface area contributed by atoms with Gasteiger partial charge in [0.15, 0.2) is 5.79 Å². The molecule has 0 spiro atoms. The lowest BCUT2D eigenvalue weighted by atomic mass is 9.49. The monoisotopic (exact) mass is 371 g/mol. The van der Waals surface area contributed by atoms with Crippen LogP contribution in [0.4, 0.5) is 0 Å². The van der Waals surface area contributed by atoms with Crippen molar-refractivity contribution < 1.29 is 9.47 Å². The van der Waals surface area contributed by atoms with Gasteiger partial charge in [0.25, 0.3) is 0 Å². The van der Waals surface area contributed by atoms with Crippen LogP contribution in [0.3, 0.4) is 0 Å². The van der Waals surface area contributed by atoms with E-state index in [4.69, 9.17) is 19.7 Å². The van der Waals surface area contributed by atoms with Crippen LogP contribution in [0.1, 0.15) is 88.7 Å². The van der Waals surface area contributed by atoms with E-state index in [1.165, 1.54) is 63.0 Å². The average Bonchev–Trinajstić information content (AvgIpc) is 3.26. The summed E-state index contributed by atoms with van der Waals surface area (Å²) in [5.74, 6) is 5.62. The second kappa shape index (κ2) is 6.03. The van der Waals surface area contributed by atoms with Crippen LogP contribution in [-0.2, 0) is 21.4 Å². The van der Waals surface area contributed by atoms with E-state index >= 15 is 0 Å². The van der Waals surface area contributed by atoms with Crippen molar-refractivity contribution in [1.29, 1.82) is 0 Å². The van der Waals surface area contributed by atoms with Crippen molar-refractivity contribution in [3.63, 3.8) is 0 Å². The molecule has 7 rings (SSSR count). The molecule has 0 amide bonds. The number of hydrogen-bond donors (Lipinski definition) is 0. The minimum Gasteiger partial charge on any atom is -0.348 e. The summed E-state index contributed by atoms with van der Waals surface area (Å²) in [6.07, 6.45) is 13.1. The molecule has 3 heterocycles. The quantitative estimate of drug-likeness (QED) is 0.797. The Morgan fingerprint density at radius 2 is 1.67 bits per heavy atom. The molecule has 5 nitrogen and oxygen atoms in total. The third kappa shape index (κ3) is 2.71. The van der Waals surface area contributed by atoms with E-state index in [-0.39, 0.29) is 5.79 Å². The van der Waals surface area contributed by atoms with E-state index in [2.05, 4.69) is 11.5 Å². The van der Waals surface area contributed by atoms with Gasteiger partial charge in [-0.1, -0.05) is 0 Å². The van der Waals surface area contributed by atoms with Gasteiger partial charge < -0.3 is 14.0 Å². The predicted octanol–water partition coefficient (Wildman–Crippen LogP) is 4.17. The van der Waals surface area contributed by atoms with Gasteiger partial charge in [0, 0.05) is 24.3 Å². The van der Waals surface area contributed by atoms with Crippen molar-refractivity contribution >= 4 is 0 Å². The van der Waals surface area contributed by atoms with Crippen molar-refractivity contribution in [3.05, 3.63) is 11.6 Å². The summed E-state index contributed by atoms with van der Waals surface area (Å²) in [6.45, 7) is 4.68. The number of nitrogens with zero attached hydrogens (tertiary/aromatic N) is 3. The SMILES string of the molecule is CC1(CCC2CCCn3c2nnc3C23CC4CC(CC(C4)C2)C3)OCCO1. The van der Waals surface area contributed by atoms with Gasteiger partial charge in [-0.05, 0) is 82.5 Å². The summed E-state index contributed by atoms with van der Waals surface area (Å²) >= 11 is 0. The summed E-state index contributed by atoms with van der Waals surface area (Å²) in [6, 6.07) is 0. The van der Waals surface area contributed by atoms with Gasteiger partial charge in [0.2, 0.25) is 0 Å². The zero-order valence-corrected chi connectivity index (χ0v) is 16.7. The Balaban J connectivity index is 1.26. The van der Waals surface area contributed by atoms with E-state index in [0.717, 1.165) is 50.4 Å². The molecule has 5 fully saturated rings. The normalized spacial score (nSPS) is 41.8. The van der Waals surface area contributed by atoms with Gasteiger partial charge in [-0.25, -0.2) is 0 Å². The molecule has 1 aromatic rings. The molecule has 4 aliphatic carbocycles. The molecule has 0 radical (unpaired) electrons. The van der Waals surface area contributed by atoms with Crippen LogP contribution in [0.5, 0.6) is 0 Å².